The van der Waals surface area contributed by atoms with E-state index in [2.05, 4.69) is 5.32 Å². The van der Waals surface area contributed by atoms with Crippen LogP contribution in [0.15, 0.2) is 30.4 Å². The highest BCUT2D eigenvalue weighted by molar-refractivity contribution is 6.41. The molecule has 0 spiro atoms. The number of halogens is 3. The fourth-order valence-electron chi connectivity index (χ4n) is 3.80. The van der Waals surface area contributed by atoms with Crippen LogP contribution in [0.5, 0.6) is 5.75 Å². The quantitative estimate of drug-likeness (QED) is 0.479. The number of hydrogen-bond acceptors (Lipinski definition) is 4. The molecule has 162 valence electrons. The number of carbonyl (C=O) groups excluding carboxylic acids is 2. The lowest BCUT2D eigenvalue weighted by atomic mass is 9.65. The summed E-state index contributed by atoms with van der Waals surface area (Å²) in [5.74, 6) is -4.03. The van der Waals surface area contributed by atoms with Gasteiger partial charge in [-0.3, -0.25) is 15.0 Å². The Morgan fingerprint density at radius 1 is 1.50 bits per heavy atom. The standard InChI is InChI=1S/C21H24ClF2N3O3/c1-4-26-18(28)17(25)21-8-7-14(21)19(29)27(10-21)12(2)13-5-6-16(15(22)9-13)30-11-20(3,23)24/h5-9,12,14,25H,4,10-11H2,1-3H3,(H,26,28). The van der Waals surface area contributed by atoms with E-state index in [1.165, 1.54) is 6.07 Å². The Bertz CT molecular complexity index is 915. The zero-order valence-electron chi connectivity index (χ0n) is 17.0. The van der Waals surface area contributed by atoms with E-state index in [4.69, 9.17) is 21.7 Å². The molecule has 1 aromatic carbocycles. The lowest BCUT2D eigenvalue weighted by Gasteiger charge is -2.35. The van der Waals surface area contributed by atoms with Crippen LogP contribution in [0.2, 0.25) is 5.02 Å². The second-order valence-corrected chi connectivity index (χ2v) is 8.21. The molecule has 9 heteroatoms. The molecule has 2 amide bonds. The van der Waals surface area contributed by atoms with E-state index < -0.39 is 29.8 Å². The van der Waals surface area contributed by atoms with Gasteiger partial charge in [0.25, 0.3) is 11.8 Å². The zero-order valence-corrected chi connectivity index (χ0v) is 17.7. The summed E-state index contributed by atoms with van der Waals surface area (Å²) in [5, 5.41) is 11.1. The second kappa shape index (κ2) is 7.98. The summed E-state index contributed by atoms with van der Waals surface area (Å²) in [5.41, 5.74) is -0.350. The molecule has 1 heterocycles. The van der Waals surface area contributed by atoms with Gasteiger partial charge in [-0.25, -0.2) is 8.78 Å². The molecule has 1 aliphatic heterocycles. The highest BCUT2D eigenvalue weighted by Crippen LogP contribution is 2.49. The number of rotatable bonds is 8. The van der Waals surface area contributed by atoms with E-state index in [0.717, 1.165) is 6.92 Å². The molecule has 1 fully saturated rings. The van der Waals surface area contributed by atoms with Gasteiger partial charge in [0.05, 0.1) is 22.4 Å². The van der Waals surface area contributed by atoms with Crippen molar-refractivity contribution in [2.24, 2.45) is 11.3 Å². The summed E-state index contributed by atoms with van der Waals surface area (Å²) >= 11 is 6.20. The summed E-state index contributed by atoms with van der Waals surface area (Å²) in [4.78, 5) is 26.8. The van der Waals surface area contributed by atoms with E-state index >= 15 is 0 Å². The number of hydrogen-bond donors (Lipinski definition) is 2. The first-order valence-corrected chi connectivity index (χ1v) is 10.0. The van der Waals surface area contributed by atoms with Gasteiger partial charge in [0.1, 0.15) is 11.5 Å². The summed E-state index contributed by atoms with van der Waals surface area (Å²) in [7, 11) is 0. The maximum atomic E-state index is 13.0. The van der Waals surface area contributed by atoms with E-state index in [-0.39, 0.29) is 35.0 Å². The topological polar surface area (TPSA) is 82.5 Å². The summed E-state index contributed by atoms with van der Waals surface area (Å²) in [6.45, 7) is 4.16. The maximum Gasteiger partial charge on any atom is 0.278 e. The Balaban J connectivity index is 1.77. The van der Waals surface area contributed by atoms with E-state index in [0.29, 0.717) is 12.1 Å². The first-order chi connectivity index (χ1) is 14.0. The molecule has 3 unspecified atom stereocenters. The van der Waals surface area contributed by atoms with Gasteiger partial charge in [0.2, 0.25) is 5.91 Å². The first-order valence-electron chi connectivity index (χ1n) is 9.67. The van der Waals surface area contributed by atoms with Crippen molar-refractivity contribution < 1.29 is 23.1 Å². The third kappa shape index (κ3) is 3.93. The second-order valence-electron chi connectivity index (χ2n) is 7.80. The van der Waals surface area contributed by atoms with Crippen molar-refractivity contribution in [1.82, 2.24) is 10.2 Å². The predicted molar refractivity (Wildman–Crippen MR) is 109 cm³/mol. The van der Waals surface area contributed by atoms with Crippen molar-refractivity contribution in [2.75, 3.05) is 19.7 Å². The molecule has 1 aliphatic carbocycles. The Labute approximate surface area is 178 Å². The molecule has 2 aliphatic rings. The van der Waals surface area contributed by atoms with Crippen LogP contribution in [0.4, 0.5) is 8.78 Å². The lowest BCUT2D eigenvalue weighted by Crippen LogP contribution is -2.49. The normalized spacial score (nSPS) is 23.6. The molecule has 2 N–H and O–H groups in total. The molecule has 6 nitrogen and oxygen atoms in total. The SMILES string of the molecule is CCNC(=O)C(=N)C12C=CC1C(=O)N(C(C)c1ccc(OCC(C)(F)F)c(Cl)c1)C2. The van der Waals surface area contributed by atoms with E-state index in [9.17, 15) is 18.4 Å². The molecule has 0 radical (unpaired) electrons. The van der Waals surface area contributed by atoms with E-state index in [1.807, 2.05) is 6.92 Å². The Morgan fingerprint density at radius 2 is 2.20 bits per heavy atom. The molecule has 0 aromatic heterocycles. The van der Waals surface area contributed by atoms with Crippen LogP contribution < -0.4 is 10.1 Å². The van der Waals surface area contributed by atoms with Crippen LogP contribution in [0, 0.1) is 16.7 Å². The van der Waals surface area contributed by atoms with Crippen molar-refractivity contribution in [3.8, 4) is 5.75 Å². The smallest absolute Gasteiger partial charge is 0.278 e. The van der Waals surface area contributed by atoms with E-state index in [1.54, 1.807) is 36.1 Å². The van der Waals surface area contributed by atoms with Gasteiger partial charge in [0.15, 0.2) is 6.61 Å². The monoisotopic (exact) mass is 439 g/mol. The first kappa shape index (κ1) is 22.2. The average Bonchev–Trinajstić information content (AvgIpc) is 2.84. The highest BCUT2D eigenvalue weighted by Gasteiger charge is 2.59. The Kier molecular flexibility index (Phi) is 5.91. The molecule has 1 aromatic rings. The molecule has 1 saturated heterocycles. The van der Waals surface area contributed by atoms with Crippen LogP contribution in [0.25, 0.3) is 0 Å². The van der Waals surface area contributed by atoms with Crippen molar-refractivity contribution in [1.29, 1.82) is 5.41 Å². The molecule has 0 bridgehead atoms. The number of nitrogens with one attached hydrogen (secondary N) is 2. The van der Waals surface area contributed by atoms with Crippen molar-refractivity contribution >= 4 is 29.1 Å². The number of benzene rings is 1. The lowest BCUT2D eigenvalue weighted by molar-refractivity contribution is -0.131. The average molecular weight is 440 g/mol. The van der Waals surface area contributed by atoms with Crippen LogP contribution in [0.3, 0.4) is 0 Å². The number of carbonyl (C=O) groups is 2. The van der Waals surface area contributed by atoms with Gasteiger partial charge in [-0.15, -0.1) is 0 Å². The van der Waals surface area contributed by atoms with Gasteiger partial charge in [-0.2, -0.15) is 0 Å². The third-order valence-corrected chi connectivity index (χ3v) is 5.83. The number of amides is 2. The van der Waals surface area contributed by atoms with Gasteiger partial charge in [-0.05, 0) is 31.5 Å². The number of nitrogens with zero attached hydrogens (tertiary/aromatic N) is 1. The minimum absolute atomic E-state index is 0.123. The number of fused-ring (bicyclic) bond motifs is 1. The Morgan fingerprint density at radius 3 is 2.73 bits per heavy atom. The third-order valence-electron chi connectivity index (χ3n) is 5.54. The maximum absolute atomic E-state index is 13.0. The minimum Gasteiger partial charge on any atom is -0.486 e. The van der Waals surface area contributed by atoms with Crippen LogP contribution in [-0.4, -0.2) is 48.0 Å². The summed E-state index contributed by atoms with van der Waals surface area (Å²) in [6, 6.07) is 4.36. The minimum atomic E-state index is -2.98. The molecule has 3 atom stereocenters. The van der Waals surface area contributed by atoms with Crippen LogP contribution >= 0.6 is 11.6 Å². The van der Waals surface area contributed by atoms with Gasteiger partial charge in [0, 0.05) is 20.0 Å². The fourth-order valence-corrected chi connectivity index (χ4v) is 4.04. The van der Waals surface area contributed by atoms with Crippen LogP contribution in [-0.2, 0) is 9.59 Å². The number of alkyl halides is 2. The van der Waals surface area contributed by atoms with Gasteiger partial charge in [-0.1, -0.05) is 29.8 Å². The van der Waals surface area contributed by atoms with Crippen molar-refractivity contribution in [2.45, 2.75) is 32.7 Å². The molecular formula is C21H24ClF2N3O3. The van der Waals surface area contributed by atoms with Crippen molar-refractivity contribution in [3.63, 3.8) is 0 Å². The molecule has 0 saturated carbocycles. The Hall–Kier alpha value is -2.48. The highest BCUT2D eigenvalue weighted by atomic mass is 35.5. The fraction of sp³-hybridized carbons (Fsp3) is 0.476. The zero-order chi connectivity index (χ0) is 22.3. The van der Waals surface area contributed by atoms with Gasteiger partial charge >= 0.3 is 0 Å². The number of ether oxygens (including phenoxy) is 1. The number of likely N-dealkylation sites (tertiary alicyclic amines) is 1. The van der Waals surface area contributed by atoms with Gasteiger partial charge < -0.3 is 15.0 Å². The molecule has 3 rings (SSSR count). The largest absolute Gasteiger partial charge is 0.486 e. The predicted octanol–water partition coefficient (Wildman–Crippen LogP) is 3.61. The molecule has 30 heavy (non-hydrogen) atoms. The molecular weight excluding hydrogens is 416 g/mol. The summed E-state index contributed by atoms with van der Waals surface area (Å²) in [6.07, 6.45) is 3.46. The van der Waals surface area contributed by atoms with Crippen molar-refractivity contribution in [3.05, 3.63) is 40.9 Å². The van der Waals surface area contributed by atoms with Crippen LogP contribution in [0.1, 0.15) is 32.4 Å². The summed E-state index contributed by atoms with van der Waals surface area (Å²) < 4.78 is 31.1.